The van der Waals surface area contributed by atoms with E-state index in [2.05, 4.69) is 258 Å². The molecule has 0 bridgehead atoms. The number of halogens is 1. The number of fused-ring (bicyclic) bond motifs is 4. The van der Waals surface area contributed by atoms with Crippen molar-refractivity contribution in [1.29, 1.82) is 0 Å². The Morgan fingerprint density at radius 2 is 0.876 bits per heavy atom. The summed E-state index contributed by atoms with van der Waals surface area (Å²) >= 11 is 9.68. The van der Waals surface area contributed by atoms with E-state index >= 15 is 0 Å². The highest BCUT2D eigenvalue weighted by Crippen LogP contribution is 2.41. The minimum Gasteiger partial charge on any atom is -0.456 e. The molecule has 0 aliphatic carbocycles. The van der Waals surface area contributed by atoms with E-state index in [-0.39, 0.29) is 36.7 Å². The number of aliphatic hydroxyl groups is 2. The molecule has 10 aromatic carbocycles. The maximum atomic E-state index is 13.1. The van der Waals surface area contributed by atoms with Gasteiger partial charge in [0.15, 0.2) is 9.84 Å². The molecule has 0 fully saturated rings. The lowest BCUT2D eigenvalue weighted by molar-refractivity contribution is 0.272. The average molecular weight is 1510 g/mol. The third-order valence-corrected chi connectivity index (χ3v) is 25.4. The van der Waals surface area contributed by atoms with E-state index in [1.54, 1.807) is 66.6 Å². The Morgan fingerprint density at radius 1 is 0.474 bits per heavy atom. The number of anilines is 4. The first-order chi connectivity index (χ1) is 46.6. The van der Waals surface area contributed by atoms with E-state index in [1.807, 2.05) is 61.8 Å². The van der Waals surface area contributed by atoms with Crippen molar-refractivity contribution >= 4 is 181 Å². The number of ether oxygens (including phenoxy) is 1. The van der Waals surface area contributed by atoms with Crippen LogP contribution in [0, 0.1) is 3.57 Å². The van der Waals surface area contributed by atoms with Crippen LogP contribution in [0.25, 0.3) is 42.2 Å². The highest BCUT2D eigenvalue weighted by molar-refractivity contribution is 14.1. The molecule has 14 rings (SSSR count). The molecule has 0 aliphatic heterocycles. The number of hydrogen-bond acceptors (Lipinski definition) is 16. The predicted molar refractivity (Wildman–Crippen MR) is 422 cm³/mol. The molecule has 4 heterocycles. The first-order valence-corrected chi connectivity index (χ1v) is 38.2. The zero-order chi connectivity index (χ0) is 67.1. The van der Waals surface area contributed by atoms with Crippen LogP contribution in [0.5, 0.6) is 11.5 Å². The van der Waals surface area contributed by atoms with Gasteiger partial charge in [-0.05, 0) is 171 Å². The van der Waals surface area contributed by atoms with E-state index in [0.717, 1.165) is 65.3 Å². The molecule has 0 amide bonds. The summed E-state index contributed by atoms with van der Waals surface area (Å²) in [6.45, 7) is 7.23. The van der Waals surface area contributed by atoms with Gasteiger partial charge in [-0.25, -0.2) is 38.3 Å². The van der Waals surface area contributed by atoms with Crippen LogP contribution in [0.1, 0.15) is 48.0 Å². The summed E-state index contributed by atoms with van der Waals surface area (Å²) in [6, 6.07) is 83.1. The molecule has 492 valence electrons. The van der Waals surface area contributed by atoms with Gasteiger partial charge in [0.25, 0.3) is 0 Å². The van der Waals surface area contributed by atoms with Crippen LogP contribution in [0.2, 0.25) is 0 Å². The first-order valence-electron chi connectivity index (χ1n) is 30.8. The second-order valence-electron chi connectivity index (χ2n) is 23.2. The van der Waals surface area contributed by atoms with Crippen LogP contribution < -0.4 is 47.2 Å². The zero-order valence-electron chi connectivity index (χ0n) is 53.0. The van der Waals surface area contributed by atoms with Crippen molar-refractivity contribution in [3.05, 3.63) is 270 Å². The topological polar surface area (TPSA) is 185 Å². The monoisotopic (exact) mass is 1510 g/mol. The molecule has 0 atom stereocenters. The van der Waals surface area contributed by atoms with Gasteiger partial charge in [-0.2, -0.15) is 12.6 Å². The number of hydrogen-bond donors (Lipinski definition) is 5. The van der Waals surface area contributed by atoms with Crippen LogP contribution in [0.3, 0.4) is 0 Å². The Morgan fingerprint density at radius 3 is 1.29 bits per heavy atom. The number of aliphatic hydroxyl groups excluding tert-OH is 2. The van der Waals surface area contributed by atoms with Crippen molar-refractivity contribution in [2.75, 3.05) is 23.8 Å². The third-order valence-electron chi connectivity index (χ3n) is 15.4. The van der Waals surface area contributed by atoms with Gasteiger partial charge >= 0.3 is 0 Å². The molecular formula is C77H73IN8O5P2S4. The maximum absolute atomic E-state index is 13.1. The molecule has 14 aromatic rings. The Hall–Kier alpha value is -8.13. The summed E-state index contributed by atoms with van der Waals surface area (Å²) in [5, 5.41) is 33.5. The van der Waals surface area contributed by atoms with Gasteiger partial charge in [0.1, 0.15) is 35.8 Å². The van der Waals surface area contributed by atoms with Crippen LogP contribution in [-0.2, 0) is 9.84 Å². The average Bonchev–Trinajstić information content (AvgIpc) is 1.17. The number of rotatable bonds is 18. The molecule has 13 nitrogen and oxygen atoms in total. The van der Waals surface area contributed by atoms with Crippen molar-refractivity contribution in [3.63, 3.8) is 0 Å². The summed E-state index contributed by atoms with van der Waals surface area (Å²) in [4.78, 5) is 26.1. The van der Waals surface area contributed by atoms with Crippen LogP contribution >= 0.6 is 73.7 Å². The van der Waals surface area contributed by atoms with E-state index in [4.69, 9.17) is 9.84 Å². The number of para-hydroxylation sites is 2. The van der Waals surface area contributed by atoms with Crippen LogP contribution in [0.15, 0.2) is 271 Å². The van der Waals surface area contributed by atoms with Crippen LogP contribution in [-0.4, -0.2) is 71.2 Å². The summed E-state index contributed by atoms with van der Waals surface area (Å²) in [5.74, 6) is 3.13. The number of thiazole rings is 2. The molecular weight excluding hydrogens is 1430 g/mol. The Labute approximate surface area is 596 Å². The van der Waals surface area contributed by atoms with Gasteiger partial charge < -0.3 is 25.6 Å². The highest BCUT2D eigenvalue weighted by Gasteiger charge is 2.35. The largest absolute Gasteiger partial charge is 0.456 e. The standard InChI is InChI=1S/C36H28OP2.C20H20N4O3S2.C15H9IN4S.C5H12OS.CH4/c1-5-17-29(18-6-1)38(30-19-7-2-8-20-30)35-27-15-13-25-33(35)37-34-26-14-16-28-36(34)39(31-21-9-3-10-22-31)32-23-11-4-12-24-32;1-20(2,7-8-25)29(26,27)14-4-5-16-15(10-14)19(22-11-21-16)24-13-3-6-18-17(9-13)23-12-28-18;16-9-1-3-12-11(5-9)15(18-7-17-12)20-10-2-4-14-13(6-10)19-8-21-14;1-5(2,7)3-4-6;/h1-28H;3-6,9-12,25H,7-8H2,1-2H3,(H,21,22,24);1-8H,(H,17,18,20);6-7H,3-4H2,1-2H3;1H4. The van der Waals surface area contributed by atoms with Gasteiger partial charge in [-0.1, -0.05) is 179 Å². The van der Waals surface area contributed by atoms with Crippen molar-refractivity contribution in [1.82, 2.24) is 29.9 Å². The number of aromatic nitrogens is 6. The lowest BCUT2D eigenvalue weighted by Gasteiger charge is -2.25. The fourth-order valence-electron chi connectivity index (χ4n) is 10.3. The molecule has 0 spiro atoms. The molecule has 0 unspecified atom stereocenters. The second kappa shape index (κ2) is 33.4. The van der Waals surface area contributed by atoms with Crippen molar-refractivity contribution < 1.29 is 23.4 Å². The first kappa shape index (κ1) is 71.6. The molecule has 20 heteroatoms. The van der Waals surface area contributed by atoms with Crippen LogP contribution in [0.4, 0.5) is 23.0 Å². The molecule has 4 aromatic heterocycles. The normalized spacial score (nSPS) is 11.4. The van der Waals surface area contributed by atoms with E-state index in [1.165, 1.54) is 42.9 Å². The Balaban J connectivity index is 0.000000155. The van der Waals surface area contributed by atoms with Crippen molar-refractivity contribution in [2.24, 2.45) is 0 Å². The molecule has 0 aliphatic rings. The molecule has 0 radical (unpaired) electrons. The van der Waals surface area contributed by atoms with Gasteiger partial charge in [0.2, 0.25) is 0 Å². The number of benzene rings is 10. The number of sulfone groups is 1. The Kier molecular flexibility index (Phi) is 24.7. The van der Waals surface area contributed by atoms with E-state index < -0.39 is 30.4 Å². The van der Waals surface area contributed by atoms with E-state index in [0.29, 0.717) is 16.7 Å². The highest BCUT2D eigenvalue weighted by atomic mass is 127. The zero-order valence-corrected chi connectivity index (χ0v) is 60.3. The third kappa shape index (κ3) is 18.2. The fourth-order valence-corrected chi connectivity index (χ4v) is 18.5. The summed E-state index contributed by atoms with van der Waals surface area (Å²) < 4.78 is 35.4. The second-order valence-corrected chi connectivity index (χ2v) is 34.4. The SMILES string of the molecule is C.CC(C)(CCO)S(=O)(=O)c1ccc2ncnc(Nc3ccc4scnc4c3)c2c1.CC(C)(S)CCO.Ic1ccc2ncnc(Nc3ccc4scnc4c3)c2c1.c1ccc(P(c2ccccc2)c2ccccc2Oc2ccccc2P(c2ccccc2)c2ccccc2)cc1. The quantitative estimate of drug-likeness (QED) is 0.0311. The van der Waals surface area contributed by atoms with E-state index in [9.17, 15) is 13.5 Å². The fraction of sp³-hybridized carbons (Fsp3) is 0.143. The minimum atomic E-state index is -3.65. The van der Waals surface area contributed by atoms with Gasteiger partial charge in [0, 0.05) is 54.3 Å². The molecule has 0 saturated carbocycles. The maximum Gasteiger partial charge on any atom is 0.183 e. The number of nitrogens with one attached hydrogen (secondary N) is 2. The van der Waals surface area contributed by atoms with Crippen molar-refractivity contribution in [2.45, 2.75) is 62.4 Å². The summed E-state index contributed by atoms with van der Waals surface area (Å²) in [5.41, 5.74) is 8.88. The summed E-state index contributed by atoms with van der Waals surface area (Å²) in [7, 11) is -5.25. The summed E-state index contributed by atoms with van der Waals surface area (Å²) in [6.07, 6.45) is 3.93. The molecule has 4 N–H and O–H groups in total. The number of thiol groups is 1. The van der Waals surface area contributed by atoms with Gasteiger partial charge in [-0.3, -0.25) is 0 Å². The lowest BCUT2D eigenvalue weighted by atomic mass is 10.1. The number of nitrogens with zero attached hydrogens (tertiary/aromatic N) is 6. The lowest BCUT2D eigenvalue weighted by Crippen LogP contribution is -2.33. The molecule has 97 heavy (non-hydrogen) atoms. The Bertz CT molecular complexity index is 4800. The van der Waals surface area contributed by atoms with Crippen molar-refractivity contribution in [3.8, 4) is 11.5 Å². The smallest absolute Gasteiger partial charge is 0.183 e. The van der Waals surface area contributed by atoms with Gasteiger partial charge in [0.05, 0.1) is 52.1 Å². The predicted octanol–water partition coefficient (Wildman–Crippen LogP) is 17.2. The molecule has 0 saturated heterocycles. The van der Waals surface area contributed by atoms with Gasteiger partial charge in [-0.15, -0.1) is 22.7 Å². The minimum absolute atomic E-state index is 0.